The summed E-state index contributed by atoms with van der Waals surface area (Å²) in [6, 6.07) is 9.19. The maximum atomic E-state index is 12.6. The molecule has 8 nitrogen and oxygen atoms in total. The lowest BCUT2D eigenvalue weighted by molar-refractivity contribution is -0.122. The van der Waals surface area contributed by atoms with Gasteiger partial charge in [-0.3, -0.25) is 14.9 Å². The third-order valence-electron chi connectivity index (χ3n) is 4.54. The molecule has 144 valence electrons. The second kappa shape index (κ2) is 7.23. The van der Waals surface area contributed by atoms with Crippen LogP contribution in [0.4, 0.5) is 11.7 Å². The fraction of sp³-hybridized carbons (Fsp3) is 0.263. The molecule has 0 spiro atoms. The fourth-order valence-electron chi connectivity index (χ4n) is 3.21. The van der Waals surface area contributed by atoms with Gasteiger partial charge in [0.2, 0.25) is 11.8 Å². The highest BCUT2D eigenvalue weighted by atomic mass is 79.9. The highest BCUT2D eigenvalue weighted by Crippen LogP contribution is 2.29. The summed E-state index contributed by atoms with van der Waals surface area (Å²) in [5.74, 6) is 0.719. The molecule has 1 aliphatic rings. The lowest BCUT2D eigenvalue weighted by Gasteiger charge is -2.16. The Kier molecular flexibility index (Phi) is 4.76. The van der Waals surface area contributed by atoms with E-state index in [0.717, 1.165) is 15.9 Å². The molecule has 4 rings (SSSR count). The Bertz CT molecular complexity index is 1060. The van der Waals surface area contributed by atoms with Crippen molar-refractivity contribution in [2.45, 2.75) is 20.3 Å². The van der Waals surface area contributed by atoms with Gasteiger partial charge in [0.05, 0.1) is 11.5 Å². The van der Waals surface area contributed by atoms with E-state index < -0.39 is 5.92 Å². The standard InChI is InChI=1S/C19H17BrN4O4/c1-10-6-15(11(2)27-10)18-22-23-19(28-18)21-17(26)12-7-16(25)24(9-12)14-5-3-4-13(20)8-14/h3-6,8,12H,7,9H2,1-2H3,(H,21,23,26). The number of carbonyl (C=O) groups excluding carboxylic acids is 2. The lowest BCUT2D eigenvalue weighted by Crippen LogP contribution is -2.28. The van der Waals surface area contributed by atoms with E-state index in [9.17, 15) is 9.59 Å². The Balaban J connectivity index is 1.45. The molecule has 0 saturated carbocycles. The number of furan rings is 1. The summed E-state index contributed by atoms with van der Waals surface area (Å²) in [5.41, 5.74) is 1.43. The smallest absolute Gasteiger partial charge is 0.322 e. The number of hydrogen-bond donors (Lipinski definition) is 1. The number of aryl methyl sites for hydroxylation is 2. The number of rotatable bonds is 4. The van der Waals surface area contributed by atoms with E-state index in [1.807, 2.05) is 31.2 Å². The summed E-state index contributed by atoms with van der Waals surface area (Å²) >= 11 is 3.39. The van der Waals surface area contributed by atoms with E-state index in [-0.39, 0.29) is 30.1 Å². The minimum atomic E-state index is -0.500. The first-order chi connectivity index (χ1) is 13.4. The molecule has 1 atom stereocenters. The van der Waals surface area contributed by atoms with Gasteiger partial charge < -0.3 is 13.7 Å². The average Bonchev–Trinajstić information content (AvgIpc) is 3.34. The van der Waals surface area contributed by atoms with Crippen LogP contribution in [0.3, 0.4) is 0 Å². The van der Waals surface area contributed by atoms with Crippen LogP contribution in [0.25, 0.3) is 11.5 Å². The highest BCUT2D eigenvalue weighted by molar-refractivity contribution is 9.10. The Morgan fingerprint density at radius 3 is 2.79 bits per heavy atom. The second-order valence-corrected chi connectivity index (χ2v) is 7.53. The van der Waals surface area contributed by atoms with E-state index >= 15 is 0 Å². The Hall–Kier alpha value is -2.94. The maximum absolute atomic E-state index is 12.6. The van der Waals surface area contributed by atoms with E-state index in [2.05, 4.69) is 31.4 Å². The van der Waals surface area contributed by atoms with Crippen molar-refractivity contribution in [1.29, 1.82) is 0 Å². The molecule has 1 saturated heterocycles. The van der Waals surface area contributed by atoms with Crippen molar-refractivity contribution in [3.63, 3.8) is 0 Å². The summed E-state index contributed by atoms with van der Waals surface area (Å²) in [6.45, 7) is 3.91. The molecule has 3 heterocycles. The maximum Gasteiger partial charge on any atom is 0.322 e. The summed E-state index contributed by atoms with van der Waals surface area (Å²) in [7, 11) is 0. The number of hydrogen-bond acceptors (Lipinski definition) is 6. The summed E-state index contributed by atoms with van der Waals surface area (Å²) < 4.78 is 11.9. The number of carbonyl (C=O) groups is 2. The molecule has 2 amide bonds. The number of amides is 2. The average molecular weight is 445 g/mol. The van der Waals surface area contributed by atoms with Crippen molar-refractivity contribution in [2.75, 3.05) is 16.8 Å². The quantitative estimate of drug-likeness (QED) is 0.657. The van der Waals surface area contributed by atoms with Gasteiger partial charge in [0.25, 0.3) is 5.89 Å². The van der Waals surface area contributed by atoms with Crippen molar-refractivity contribution in [3.8, 4) is 11.5 Å². The highest BCUT2D eigenvalue weighted by Gasteiger charge is 2.35. The molecule has 1 unspecified atom stereocenters. The summed E-state index contributed by atoms with van der Waals surface area (Å²) in [6.07, 6.45) is 0.124. The molecule has 0 bridgehead atoms. The largest absolute Gasteiger partial charge is 0.466 e. The predicted molar refractivity (Wildman–Crippen MR) is 105 cm³/mol. The Morgan fingerprint density at radius 1 is 1.25 bits per heavy atom. The molecule has 0 radical (unpaired) electrons. The summed E-state index contributed by atoms with van der Waals surface area (Å²) in [5, 5.41) is 10.4. The molecule has 1 aliphatic heterocycles. The first-order valence-electron chi connectivity index (χ1n) is 8.68. The number of benzene rings is 1. The molecule has 0 aliphatic carbocycles. The van der Waals surface area contributed by atoms with Crippen molar-refractivity contribution in [1.82, 2.24) is 10.2 Å². The van der Waals surface area contributed by atoms with Crippen LogP contribution in [0.1, 0.15) is 17.9 Å². The molecule has 1 N–H and O–H groups in total. The van der Waals surface area contributed by atoms with Crippen LogP contribution in [0.15, 0.2) is 43.6 Å². The molecule has 1 aromatic carbocycles. The first-order valence-corrected chi connectivity index (χ1v) is 9.47. The minimum Gasteiger partial charge on any atom is -0.466 e. The minimum absolute atomic E-state index is 0.00777. The van der Waals surface area contributed by atoms with Crippen LogP contribution < -0.4 is 10.2 Å². The third-order valence-corrected chi connectivity index (χ3v) is 5.04. The van der Waals surface area contributed by atoms with Crippen molar-refractivity contribution < 1.29 is 18.4 Å². The van der Waals surface area contributed by atoms with Crippen LogP contribution in [0.5, 0.6) is 0 Å². The van der Waals surface area contributed by atoms with Crippen LogP contribution in [0, 0.1) is 19.8 Å². The zero-order valence-corrected chi connectivity index (χ0v) is 16.8. The molecular formula is C19H17BrN4O4. The van der Waals surface area contributed by atoms with Gasteiger partial charge in [-0.2, -0.15) is 0 Å². The molecule has 28 heavy (non-hydrogen) atoms. The van der Waals surface area contributed by atoms with Gasteiger partial charge in [-0.25, -0.2) is 0 Å². The van der Waals surface area contributed by atoms with Gasteiger partial charge in [0.15, 0.2) is 0 Å². The normalized spacial score (nSPS) is 16.6. The monoisotopic (exact) mass is 444 g/mol. The van der Waals surface area contributed by atoms with E-state index in [4.69, 9.17) is 8.83 Å². The number of anilines is 2. The second-order valence-electron chi connectivity index (χ2n) is 6.61. The van der Waals surface area contributed by atoms with Gasteiger partial charge in [-0.15, -0.1) is 5.10 Å². The predicted octanol–water partition coefficient (Wildman–Crippen LogP) is 3.70. The number of aromatic nitrogens is 2. The molecular weight excluding hydrogens is 428 g/mol. The SMILES string of the molecule is Cc1cc(-c2nnc(NC(=O)C3CC(=O)N(c4cccc(Br)c4)C3)o2)c(C)o1. The zero-order valence-electron chi connectivity index (χ0n) is 15.2. The van der Waals surface area contributed by atoms with Crippen molar-refractivity contribution >= 4 is 39.4 Å². The van der Waals surface area contributed by atoms with Crippen LogP contribution in [-0.2, 0) is 9.59 Å². The lowest BCUT2D eigenvalue weighted by atomic mass is 10.1. The number of halogens is 1. The first kappa shape index (κ1) is 18.4. The number of nitrogens with one attached hydrogen (secondary N) is 1. The van der Waals surface area contributed by atoms with E-state index in [1.54, 1.807) is 17.9 Å². The van der Waals surface area contributed by atoms with Crippen molar-refractivity contribution in [3.05, 3.63) is 46.3 Å². The van der Waals surface area contributed by atoms with Gasteiger partial charge in [0, 0.05) is 23.1 Å². The van der Waals surface area contributed by atoms with Crippen molar-refractivity contribution in [2.24, 2.45) is 5.92 Å². The fourth-order valence-corrected chi connectivity index (χ4v) is 3.60. The van der Waals surface area contributed by atoms with Gasteiger partial charge in [-0.05, 0) is 38.1 Å². The van der Waals surface area contributed by atoms with E-state index in [0.29, 0.717) is 17.9 Å². The van der Waals surface area contributed by atoms with Gasteiger partial charge in [-0.1, -0.05) is 27.1 Å². The molecule has 2 aromatic heterocycles. The Labute approximate surface area is 169 Å². The molecule has 3 aromatic rings. The molecule has 1 fully saturated rings. The van der Waals surface area contributed by atoms with Gasteiger partial charge >= 0.3 is 6.01 Å². The van der Waals surface area contributed by atoms with Crippen LogP contribution in [-0.4, -0.2) is 28.6 Å². The third kappa shape index (κ3) is 3.57. The van der Waals surface area contributed by atoms with Crippen LogP contribution >= 0.6 is 15.9 Å². The topological polar surface area (TPSA) is 101 Å². The molecule has 9 heteroatoms. The van der Waals surface area contributed by atoms with E-state index in [1.165, 1.54) is 0 Å². The zero-order chi connectivity index (χ0) is 19.8. The summed E-state index contributed by atoms with van der Waals surface area (Å²) in [4.78, 5) is 26.5. The van der Waals surface area contributed by atoms with Crippen LogP contribution in [0.2, 0.25) is 0 Å². The Morgan fingerprint density at radius 2 is 2.07 bits per heavy atom. The number of nitrogens with zero attached hydrogens (tertiary/aromatic N) is 3. The van der Waals surface area contributed by atoms with Gasteiger partial charge in [0.1, 0.15) is 11.5 Å².